The average molecular weight is 340 g/mol. The number of rotatable bonds is 9. The Morgan fingerprint density at radius 3 is 1.70 bits per heavy atom. The SMILES string of the molecule is CC(O)COC(C)COC(C)CO.CCOCC.COC(C)=O. The highest BCUT2D eigenvalue weighted by molar-refractivity contribution is 5.65. The fourth-order valence-corrected chi connectivity index (χ4v) is 0.908. The van der Waals surface area contributed by atoms with E-state index in [0.29, 0.717) is 13.2 Å². The molecule has 142 valence electrons. The van der Waals surface area contributed by atoms with Crippen molar-refractivity contribution in [2.75, 3.05) is 40.1 Å². The number of esters is 1. The maximum Gasteiger partial charge on any atom is 0.302 e. The molecular formula is C16H36O7. The molecule has 3 atom stereocenters. The van der Waals surface area contributed by atoms with Crippen LogP contribution in [0.5, 0.6) is 0 Å². The van der Waals surface area contributed by atoms with Crippen LogP contribution in [0.2, 0.25) is 0 Å². The van der Waals surface area contributed by atoms with Gasteiger partial charge in [0.15, 0.2) is 0 Å². The van der Waals surface area contributed by atoms with Gasteiger partial charge >= 0.3 is 5.97 Å². The largest absolute Gasteiger partial charge is 0.469 e. The Hall–Kier alpha value is -0.730. The lowest BCUT2D eigenvalue weighted by Crippen LogP contribution is -2.24. The highest BCUT2D eigenvalue weighted by atomic mass is 16.5. The van der Waals surface area contributed by atoms with Gasteiger partial charge in [-0.15, -0.1) is 0 Å². The Balaban J connectivity index is -0.000000329. The molecule has 0 aromatic rings. The minimum Gasteiger partial charge on any atom is -0.469 e. The molecule has 0 amide bonds. The number of aliphatic hydroxyl groups excluding tert-OH is 2. The van der Waals surface area contributed by atoms with Crippen molar-refractivity contribution in [1.82, 2.24) is 0 Å². The molecular weight excluding hydrogens is 304 g/mol. The summed E-state index contributed by atoms with van der Waals surface area (Å²) in [5.41, 5.74) is 0. The molecule has 0 aliphatic heterocycles. The number of aliphatic hydroxyl groups is 2. The van der Waals surface area contributed by atoms with Gasteiger partial charge in [-0.2, -0.15) is 0 Å². The minimum atomic E-state index is -0.447. The predicted molar refractivity (Wildman–Crippen MR) is 89.5 cm³/mol. The Bertz CT molecular complexity index is 232. The van der Waals surface area contributed by atoms with Crippen LogP contribution in [0.15, 0.2) is 0 Å². The molecule has 0 heterocycles. The van der Waals surface area contributed by atoms with Crippen molar-refractivity contribution in [1.29, 1.82) is 0 Å². The van der Waals surface area contributed by atoms with Crippen molar-refractivity contribution < 1.29 is 34.0 Å². The molecule has 0 rings (SSSR count). The molecule has 0 aromatic heterocycles. The number of methoxy groups -OCH3 is 1. The summed E-state index contributed by atoms with van der Waals surface area (Å²) in [4.78, 5) is 9.59. The molecule has 0 saturated carbocycles. The van der Waals surface area contributed by atoms with Gasteiger partial charge in [-0.05, 0) is 34.6 Å². The third-order valence-corrected chi connectivity index (χ3v) is 2.19. The molecule has 0 spiro atoms. The summed E-state index contributed by atoms with van der Waals surface area (Å²) in [7, 11) is 1.35. The zero-order chi connectivity index (χ0) is 18.7. The molecule has 7 nitrogen and oxygen atoms in total. The first-order valence-corrected chi connectivity index (χ1v) is 7.89. The molecule has 0 saturated heterocycles. The van der Waals surface area contributed by atoms with Gasteiger partial charge < -0.3 is 29.2 Å². The number of carbonyl (C=O) groups excluding carboxylic acids is 1. The van der Waals surface area contributed by atoms with Crippen LogP contribution in [0.3, 0.4) is 0 Å². The predicted octanol–water partition coefficient (Wildman–Crippen LogP) is 1.39. The average Bonchev–Trinajstić information content (AvgIpc) is 2.52. The first-order valence-electron chi connectivity index (χ1n) is 7.89. The summed E-state index contributed by atoms with van der Waals surface area (Å²) in [6, 6.07) is 0. The van der Waals surface area contributed by atoms with Crippen LogP contribution in [-0.2, 0) is 23.7 Å². The van der Waals surface area contributed by atoms with Crippen molar-refractivity contribution in [2.24, 2.45) is 0 Å². The molecule has 3 unspecified atom stereocenters. The van der Waals surface area contributed by atoms with Crippen LogP contribution in [-0.4, -0.2) is 74.6 Å². The summed E-state index contributed by atoms with van der Waals surface area (Å²) in [5.74, 6) is -0.245. The zero-order valence-corrected chi connectivity index (χ0v) is 15.7. The normalized spacial score (nSPS) is 13.6. The molecule has 23 heavy (non-hydrogen) atoms. The fraction of sp³-hybridized carbons (Fsp3) is 0.938. The third kappa shape index (κ3) is 33.9. The Morgan fingerprint density at radius 2 is 1.43 bits per heavy atom. The topological polar surface area (TPSA) is 94.5 Å². The Morgan fingerprint density at radius 1 is 1.00 bits per heavy atom. The van der Waals surface area contributed by atoms with Crippen LogP contribution < -0.4 is 0 Å². The van der Waals surface area contributed by atoms with E-state index in [1.165, 1.54) is 14.0 Å². The van der Waals surface area contributed by atoms with Crippen molar-refractivity contribution in [3.05, 3.63) is 0 Å². The van der Waals surface area contributed by atoms with Crippen molar-refractivity contribution in [2.45, 2.75) is 59.9 Å². The second-order valence-corrected chi connectivity index (χ2v) is 4.80. The molecule has 0 aliphatic carbocycles. The van der Waals surface area contributed by atoms with E-state index in [1.54, 1.807) is 13.8 Å². The van der Waals surface area contributed by atoms with E-state index >= 15 is 0 Å². The molecule has 7 heteroatoms. The van der Waals surface area contributed by atoms with E-state index in [9.17, 15) is 4.79 Å². The van der Waals surface area contributed by atoms with Crippen molar-refractivity contribution in [3.63, 3.8) is 0 Å². The van der Waals surface area contributed by atoms with Gasteiger partial charge in [-0.3, -0.25) is 4.79 Å². The molecule has 0 bridgehead atoms. The number of hydrogen-bond donors (Lipinski definition) is 2. The minimum absolute atomic E-state index is 0.0170. The van der Waals surface area contributed by atoms with E-state index in [0.717, 1.165) is 13.2 Å². The summed E-state index contributed by atoms with van der Waals surface area (Å²) in [6.07, 6.45) is -0.654. The van der Waals surface area contributed by atoms with Gasteiger partial charge in [-0.1, -0.05) is 0 Å². The summed E-state index contributed by atoms with van der Waals surface area (Å²) >= 11 is 0. The smallest absolute Gasteiger partial charge is 0.302 e. The first kappa shape index (κ1) is 27.1. The maximum absolute atomic E-state index is 9.59. The van der Waals surface area contributed by atoms with Crippen LogP contribution in [0.25, 0.3) is 0 Å². The molecule has 0 aromatic carbocycles. The molecule has 0 aliphatic rings. The maximum atomic E-state index is 9.59. The highest BCUT2D eigenvalue weighted by Gasteiger charge is 2.06. The molecule has 0 fully saturated rings. The van der Waals surface area contributed by atoms with Gasteiger partial charge in [0.1, 0.15) is 0 Å². The standard InChI is InChI=1S/C9H20O4.C4H10O.C3H6O2/c1-7(11)5-12-9(3)6-13-8(2)4-10;1-3-5-4-2;1-3(4)5-2/h7-11H,4-6H2,1-3H3;3-4H2,1-2H3;1-2H3. The molecule has 0 radical (unpaired) electrons. The van der Waals surface area contributed by atoms with E-state index in [1.807, 2.05) is 20.8 Å². The van der Waals surface area contributed by atoms with Gasteiger partial charge in [0.25, 0.3) is 0 Å². The van der Waals surface area contributed by atoms with E-state index in [2.05, 4.69) is 4.74 Å². The lowest BCUT2D eigenvalue weighted by Gasteiger charge is -2.16. The summed E-state index contributed by atoms with van der Waals surface area (Å²) in [5, 5.41) is 17.6. The Kier molecular flexibility index (Phi) is 25.1. The lowest BCUT2D eigenvalue weighted by molar-refractivity contribution is -0.137. The first-order chi connectivity index (χ1) is 10.7. The van der Waals surface area contributed by atoms with Gasteiger partial charge in [-0.25, -0.2) is 0 Å². The van der Waals surface area contributed by atoms with Gasteiger partial charge in [0.2, 0.25) is 0 Å². The second kappa shape index (κ2) is 21.3. The number of carbonyl (C=O) groups is 1. The fourth-order valence-electron chi connectivity index (χ4n) is 0.908. The van der Waals surface area contributed by atoms with Gasteiger partial charge in [0, 0.05) is 20.1 Å². The van der Waals surface area contributed by atoms with Crippen molar-refractivity contribution in [3.8, 4) is 0 Å². The third-order valence-electron chi connectivity index (χ3n) is 2.19. The van der Waals surface area contributed by atoms with Gasteiger partial charge in [0.05, 0.1) is 45.2 Å². The number of hydrogen-bond acceptors (Lipinski definition) is 7. The van der Waals surface area contributed by atoms with Crippen LogP contribution in [0.4, 0.5) is 0 Å². The van der Waals surface area contributed by atoms with E-state index in [4.69, 9.17) is 24.4 Å². The second-order valence-electron chi connectivity index (χ2n) is 4.80. The highest BCUT2D eigenvalue weighted by Crippen LogP contribution is 1.97. The van der Waals surface area contributed by atoms with Crippen LogP contribution in [0.1, 0.15) is 41.5 Å². The Labute approximate surface area is 140 Å². The van der Waals surface area contributed by atoms with Crippen LogP contribution >= 0.6 is 0 Å². The van der Waals surface area contributed by atoms with E-state index < -0.39 is 6.10 Å². The number of ether oxygens (including phenoxy) is 4. The van der Waals surface area contributed by atoms with E-state index in [-0.39, 0.29) is 24.8 Å². The summed E-state index contributed by atoms with van der Waals surface area (Å²) < 4.78 is 19.4. The lowest BCUT2D eigenvalue weighted by atomic mass is 10.4. The molecule has 2 N–H and O–H groups in total. The van der Waals surface area contributed by atoms with Crippen LogP contribution in [0, 0.1) is 0 Å². The zero-order valence-electron chi connectivity index (χ0n) is 15.7. The summed E-state index contributed by atoms with van der Waals surface area (Å²) in [6.45, 7) is 13.1. The quantitative estimate of drug-likeness (QED) is 0.613. The monoisotopic (exact) mass is 340 g/mol. The van der Waals surface area contributed by atoms with Crippen molar-refractivity contribution >= 4 is 5.97 Å².